The molecule has 1 amide bonds. The molecule has 5 nitrogen and oxygen atoms in total. The van der Waals surface area contributed by atoms with Crippen molar-refractivity contribution in [2.24, 2.45) is 11.7 Å². The van der Waals surface area contributed by atoms with E-state index in [1.165, 1.54) is 5.56 Å². The van der Waals surface area contributed by atoms with Crippen LogP contribution in [-0.2, 0) is 11.3 Å². The van der Waals surface area contributed by atoms with Gasteiger partial charge in [-0.3, -0.25) is 9.48 Å². The summed E-state index contributed by atoms with van der Waals surface area (Å²) in [6, 6.07) is 10.1. The zero-order valence-electron chi connectivity index (χ0n) is 11.6. The maximum atomic E-state index is 12.1. The van der Waals surface area contributed by atoms with Crippen molar-refractivity contribution in [3.8, 4) is 0 Å². The predicted molar refractivity (Wildman–Crippen MR) is 81.6 cm³/mol. The first-order valence-electron chi connectivity index (χ1n) is 7.02. The Morgan fingerprint density at radius 2 is 2.14 bits per heavy atom. The largest absolute Gasteiger partial charge is 0.324 e. The Kier molecular flexibility index (Phi) is 3.83. The quantitative estimate of drug-likeness (QED) is 0.839. The molecule has 1 aromatic heterocycles. The van der Waals surface area contributed by atoms with Gasteiger partial charge in [-0.25, -0.2) is 0 Å². The molecule has 0 saturated heterocycles. The fraction of sp³-hybridized carbons (Fsp3) is 0.250. The van der Waals surface area contributed by atoms with E-state index < -0.39 is 0 Å². The third kappa shape index (κ3) is 3.38. The van der Waals surface area contributed by atoms with Crippen LogP contribution in [0.25, 0.3) is 0 Å². The van der Waals surface area contributed by atoms with E-state index in [0.717, 1.165) is 0 Å². The van der Waals surface area contributed by atoms with Gasteiger partial charge in [0.25, 0.3) is 0 Å². The third-order valence-electron chi connectivity index (χ3n) is 3.54. The molecular weight excluding hydrogens is 264 g/mol. The predicted octanol–water partition coefficient (Wildman–Crippen LogP) is 1.77. The van der Waals surface area contributed by atoms with Crippen LogP contribution in [0.2, 0.25) is 0 Å². The topological polar surface area (TPSA) is 72.9 Å². The number of nitrogens with two attached hydrogens (primary N) is 1. The zero-order chi connectivity index (χ0) is 14.7. The fourth-order valence-electron chi connectivity index (χ4n) is 2.44. The number of carbonyl (C=O) groups is 1. The van der Waals surface area contributed by atoms with E-state index in [-0.39, 0.29) is 17.9 Å². The molecule has 1 aliphatic carbocycles. The molecule has 2 atom stereocenters. The van der Waals surface area contributed by atoms with Crippen LogP contribution in [0.3, 0.4) is 0 Å². The van der Waals surface area contributed by atoms with Gasteiger partial charge in [0.15, 0.2) is 0 Å². The molecule has 108 valence electrons. The first-order chi connectivity index (χ1) is 10.2. The van der Waals surface area contributed by atoms with Gasteiger partial charge in [0.1, 0.15) is 0 Å². The average Bonchev–Trinajstić information content (AvgIpc) is 3.09. The molecule has 5 heteroatoms. The van der Waals surface area contributed by atoms with Gasteiger partial charge in [0, 0.05) is 12.2 Å². The highest BCUT2D eigenvalue weighted by Crippen LogP contribution is 2.18. The maximum Gasteiger partial charge on any atom is 0.231 e. The van der Waals surface area contributed by atoms with Crippen molar-refractivity contribution < 1.29 is 4.79 Å². The van der Waals surface area contributed by atoms with Crippen LogP contribution in [0.5, 0.6) is 0 Å². The molecule has 0 spiro atoms. The van der Waals surface area contributed by atoms with E-state index in [2.05, 4.69) is 10.4 Å². The molecular formula is C16H18N4O. The molecule has 2 aromatic rings. The lowest BCUT2D eigenvalue weighted by Crippen LogP contribution is -2.23. The number of nitrogens with zero attached hydrogens (tertiary/aromatic N) is 2. The second kappa shape index (κ2) is 5.93. The summed E-state index contributed by atoms with van der Waals surface area (Å²) in [7, 11) is 0. The lowest BCUT2D eigenvalue weighted by atomic mass is 10.1. The molecule has 1 heterocycles. The molecule has 21 heavy (non-hydrogen) atoms. The monoisotopic (exact) mass is 282 g/mol. The summed E-state index contributed by atoms with van der Waals surface area (Å²) in [5, 5.41) is 7.15. The van der Waals surface area contributed by atoms with Crippen LogP contribution in [0.15, 0.2) is 54.9 Å². The highest BCUT2D eigenvalue weighted by Gasteiger charge is 2.22. The maximum absolute atomic E-state index is 12.1. The van der Waals surface area contributed by atoms with Crippen molar-refractivity contribution in [2.75, 3.05) is 5.32 Å². The number of hydrogen-bond acceptors (Lipinski definition) is 3. The minimum atomic E-state index is -0.141. The smallest absolute Gasteiger partial charge is 0.231 e. The molecule has 0 saturated carbocycles. The Balaban J connectivity index is 1.60. The molecule has 2 unspecified atom stereocenters. The fourth-order valence-corrected chi connectivity index (χ4v) is 2.44. The molecule has 0 radical (unpaired) electrons. The van der Waals surface area contributed by atoms with Gasteiger partial charge in [0.2, 0.25) is 5.91 Å². The highest BCUT2D eigenvalue weighted by molar-refractivity contribution is 5.93. The van der Waals surface area contributed by atoms with Gasteiger partial charge in [-0.1, -0.05) is 42.5 Å². The van der Waals surface area contributed by atoms with Crippen molar-refractivity contribution in [1.29, 1.82) is 0 Å². The third-order valence-corrected chi connectivity index (χ3v) is 3.54. The Bertz CT molecular complexity index is 647. The van der Waals surface area contributed by atoms with Crippen LogP contribution < -0.4 is 11.1 Å². The number of rotatable bonds is 4. The van der Waals surface area contributed by atoms with E-state index >= 15 is 0 Å². The number of amides is 1. The van der Waals surface area contributed by atoms with Crippen LogP contribution in [0.1, 0.15) is 12.0 Å². The number of carbonyl (C=O) groups excluding carboxylic acids is 1. The van der Waals surface area contributed by atoms with Gasteiger partial charge in [-0.2, -0.15) is 5.10 Å². The van der Waals surface area contributed by atoms with Gasteiger partial charge in [-0.15, -0.1) is 0 Å². The average molecular weight is 282 g/mol. The Morgan fingerprint density at radius 1 is 1.33 bits per heavy atom. The van der Waals surface area contributed by atoms with Crippen molar-refractivity contribution in [3.05, 3.63) is 60.4 Å². The van der Waals surface area contributed by atoms with Crippen molar-refractivity contribution in [3.63, 3.8) is 0 Å². The summed E-state index contributed by atoms with van der Waals surface area (Å²) in [6.45, 7) is 0.685. The number of anilines is 1. The summed E-state index contributed by atoms with van der Waals surface area (Å²) in [6.07, 6.45) is 7.92. The minimum absolute atomic E-state index is 0.0125. The molecule has 1 aliphatic rings. The van der Waals surface area contributed by atoms with E-state index in [4.69, 9.17) is 5.73 Å². The normalized spacial score (nSPS) is 20.6. The molecule has 3 N–H and O–H groups in total. The summed E-state index contributed by atoms with van der Waals surface area (Å²) in [4.78, 5) is 12.1. The van der Waals surface area contributed by atoms with E-state index in [0.29, 0.717) is 18.7 Å². The van der Waals surface area contributed by atoms with Crippen molar-refractivity contribution >= 4 is 11.6 Å². The van der Waals surface area contributed by atoms with Gasteiger partial charge < -0.3 is 11.1 Å². The van der Waals surface area contributed by atoms with Crippen LogP contribution >= 0.6 is 0 Å². The Morgan fingerprint density at radius 3 is 2.86 bits per heavy atom. The molecule has 0 bridgehead atoms. The zero-order valence-corrected chi connectivity index (χ0v) is 11.6. The first-order valence-corrected chi connectivity index (χ1v) is 7.02. The number of benzene rings is 1. The molecule has 1 aromatic carbocycles. The van der Waals surface area contributed by atoms with Crippen LogP contribution in [-0.4, -0.2) is 21.7 Å². The van der Waals surface area contributed by atoms with Gasteiger partial charge in [0.05, 0.1) is 24.3 Å². The number of nitrogens with one attached hydrogen (secondary N) is 1. The lowest BCUT2D eigenvalue weighted by Gasteiger charge is -2.08. The SMILES string of the molecule is NC1C=CC(C(=O)Nc2cnn(Cc3ccccc3)c2)C1. The second-order valence-electron chi connectivity index (χ2n) is 5.29. The number of aromatic nitrogens is 2. The first kappa shape index (κ1) is 13.6. The van der Waals surface area contributed by atoms with Crippen LogP contribution in [0, 0.1) is 5.92 Å². The van der Waals surface area contributed by atoms with Crippen molar-refractivity contribution in [1.82, 2.24) is 9.78 Å². The summed E-state index contributed by atoms with van der Waals surface area (Å²) >= 11 is 0. The molecule has 3 rings (SSSR count). The van der Waals surface area contributed by atoms with Gasteiger partial charge >= 0.3 is 0 Å². The van der Waals surface area contributed by atoms with Gasteiger partial charge in [-0.05, 0) is 12.0 Å². The van der Waals surface area contributed by atoms with E-state index in [1.807, 2.05) is 48.7 Å². The summed E-state index contributed by atoms with van der Waals surface area (Å²) in [5.74, 6) is -0.170. The Hall–Kier alpha value is -2.40. The molecule has 0 aliphatic heterocycles. The van der Waals surface area contributed by atoms with Crippen LogP contribution in [0.4, 0.5) is 5.69 Å². The highest BCUT2D eigenvalue weighted by atomic mass is 16.1. The van der Waals surface area contributed by atoms with Crippen molar-refractivity contribution in [2.45, 2.75) is 19.0 Å². The molecule has 0 fully saturated rings. The Labute approximate surface area is 123 Å². The summed E-state index contributed by atoms with van der Waals surface area (Å²) in [5.41, 5.74) is 7.65. The number of hydrogen-bond donors (Lipinski definition) is 2. The van der Waals surface area contributed by atoms with E-state index in [1.54, 1.807) is 10.9 Å². The second-order valence-corrected chi connectivity index (χ2v) is 5.29. The van der Waals surface area contributed by atoms with E-state index in [9.17, 15) is 4.79 Å². The standard InChI is InChI=1S/C16H18N4O/c17-14-7-6-13(8-14)16(21)19-15-9-18-20(11-15)10-12-4-2-1-3-5-12/h1-7,9,11,13-14H,8,10,17H2,(H,19,21). The summed E-state index contributed by atoms with van der Waals surface area (Å²) < 4.78 is 1.81. The minimum Gasteiger partial charge on any atom is -0.324 e. The lowest BCUT2D eigenvalue weighted by molar-refractivity contribution is -0.118.